The summed E-state index contributed by atoms with van der Waals surface area (Å²) >= 11 is 0. The van der Waals surface area contributed by atoms with Gasteiger partial charge >= 0.3 is 0 Å². The second-order valence-electron chi connectivity index (χ2n) is 6.12. The van der Waals surface area contributed by atoms with Gasteiger partial charge in [0.25, 0.3) is 5.89 Å². The summed E-state index contributed by atoms with van der Waals surface area (Å²) in [5.41, 5.74) is 1.97. The van der Waals surface area contributed by atoms with E-state index in [9.17, 15) is 8.42 Å². The van der Waals surface area contributed by atoms with Crippen LogP contribution in [0.2, 0.25) is 0 Å². The SMILES string of the molecule is Cc1cc(-c2nc(C3CNCCN3C)no2)cc(S(N)(=O)=O)c1C. The summed E-state index contributed by atoms with van der Waals surface area (Å²) in [5.74, 6) is 0.868. The van der Waals surface area contributed by atoms with Gasteiger partial charge in [-0.15, -0.1) is 0 Å². The van der Waals surface area contributed by atoms with Gasteiger partial charge in [-0.2, -0.15) is 4.98 Å². The second-order valence-corrected chi connectivity index (χ2v) is 7.65. The van der Waals surface area contributed by atoms with Crippen molar-refractivity contribution in [1.29, 1.82) is 0 Å². The highest BCUT2D eigenvalue weighted by Crippen LogP contribution is 2.28. The number of sulfonamides is 1. The van der Waals surface area contributed by atoms with Crippen LogP contribution >= 0.6 is 0 Å². The molecule has 1 aliphatic rings. The van der Waals surface area contributed by atoms with Gasteiger partial charge in [0.1, 0.15) is 0 Å². The van der Waals surface area contributed by atoms with Gasteiger partial charge in [-0.3, -0.25) is 4.90 Å². The summed E-state index contributed by atoms with van der Waals surface area (Å²) in [6, 6.07) is 3.34. The van der Waals surface area contributed by atoms with Gasteiger partial charge in [0.05, 0.1) is 10.9 Å². The number of benzene rings is 1. The number of hydrogen-bond donors (Lipinski definition) is 2. The highest BCUT2D eigenvalue weighted by atomic mass is 32.2. The van der Waals surface area contributed by atoms with Crippen molar-refractivity contribution in [1.82, 2.24) is 20.4 Å². The lowest BCUT2D eigenvalue weighted by Gasteiger charge is -2.30. The van der Waals surface area contributed by atoms with Crippen LogP contribution in [0.4, 0.5) is 0 Å². The summed E-state index contributed by atoms with van der Waals surface area (Å²) in [6.45, 7) is 6.11. The molecule has 1 aliphatic heterocycles. The first-order valence-electron chi connectivity index (χ1n) is 7.66. The van der Waals surface area contributed by atoms with Crippen molar-refractivity contribution in [3.63, 3.8) is 0 Å². The number of aryl methyl sites for hydroxylation is 1. The molecule has 0 spiro atoms. The number of hydrogen-bond acceptors (Lipinski definition) is 7. The Bertz CT molecular complexity index is 862. The minimum atomic E-state index is -3.82. The van der Waals surface area contributed by atoms with E-state index < -0.39 is 10.0 Å². The Hall–Kier alpha value is -1.81. The number of rotatable bonds is 3. The molecule has 1 saturated heterocycles. The van der Waals surface area contributed by atoms with Crippen molar-refractivity contribution < 1.29 is 12.9 Å². The largest absolute Gasteiger partial charge is 0.334 e. The van der Waals surface area contributed by atoms with Crippen LogP contribution in [0.5, 0.6) is 0 Å². The van der Waals surface area contributed by atoms with E-state index in [1.165, 1.54) is 6.07 Å². The van der Waals surface area contributed by atoms with E-state index in [2.05, 4.69) is 20.4 Å². The standard InChI is InChI=1S/C15H21N5O3S/c1-9-6-11(7-13(10(9)2)24(16,21)22)15-18-14(19-23-15)12-8-17-4-5-20(12)3/h6-7,12,17H,4-5,8H2,1-3H3,(H2,16,21,22). The van der Waals surface area contributed by atoms with Crippen LogP contribution in [0.1, 0.15) is 23.0 Å². The fourth-order valence-electron chi connectivity index (χ4n) is 2.83. The number of piperazine rings is 1. The smallest absolute Gasteiger partial charge is 0.258 e. The van der Waals surface area contributed by atoms with Crippen LogP contribution in [-0.4, -0.2) is 50.1 Å². The first-order valence-corrected chi connectivity index (χ1v) is 9.21. The lowest BCUT2D eigenvalue weighted by molar-refractivity contribution is 0.190. The molecule has 8 nitrogen and oxygen atoms in total. The van der Waals surface area contributed by atoms with E-state index in [0.717, 1.165) is 25.2 Å². The van der Waals surface area contributed by atoms with Crippen molar-refractivity contribution >= 4 is 10.0 Å². The molecule has 1 aromatic carbocycles. The molecular formula is C15H21N5O3S. The van der Waals surface area contributed by atoms with Crippen LogP contribution in [0, 0.1) is 13.8 Å². The van der Waals surface area contributed by atoms with Crippen molar-refractivity contribution in [3.8, 4) is 11.5 Å². The van der Waals surface area contributed by atoms with Gasteiger partial charge < -0.3 is 9.84 Å². The molecule has 0 bridgehead atoms. The summed E-state index contributed by atoms with van der Waals surface area (Å²) in [7, 11) is -1.81. The predicted molar refractivity (Wildman–Crippen MR) is 88.8 cm³/mol. The third kappa shape index (κ3) is 3.20. The predicted octanol–water partition coefficient (Wildman–Crippen LogP) is 0.577. The average Bonchev–Trinajstić information content (AvgIpc) is 2.99. The Morgan fingerprint density at radius 1 is 1.38 bits per heavy atom. The number of primary sulfonamides is 1. The molecule has 1 unspecified atom stereocenters. The van der Waals surface area contributed by atoms with E-state index in [1.807, 2.05) is 20.0 Å². The normalized spacial score (nSPS) is 19.6. The zero-order valence-electron chi connectivity index (χ0n) is 13.9. The van der Waals surface area contributed by atoms with Gasteiger partial charge in [0, 0.05) is 25.2 Å². The minimum Gasteiger partial charge on any atom is -0.334 e. The molecule has 0 radical (unpaired) electrons. The van der Waals surface area contributed by atoms with E-state index in [-0.39, 0.29) is 16.8 Å². The fraction of sp³-hybridized carbons (Fsp3) is 0.467. The molecule has 130 valence electrons. The Labute approximate surface area is 141 Å². The third-order valence-corrected chi connectivity index (χ3v) is 5.46. The Morgan fingerprint density at radius 2 is 2.12 bits per heavy atom. The zero-order valence-corrected chi connectivity index (χ0v) is 14.7. The maximum Gasteiger partial charge on any atom is 0.258 e. The van der Waals surface area contributed by atoms with Crippen LogP contribution in [0.25, 0.3) is 11.5 Å². The number of nitrogens with zero attached hydrogens (tertiary/aromatic N) is 3. The monoisotopic (exact) mass is 351 g/mol. The lowest BCUT2D eigenvalue weighted by Crippen LogP contribution is -2.44. The Balaban J connectivity index is 2.00. The van der Waals surface area contributed by atoms with Crippen molar-refractivity contribution in [3.05, 3.63) is 29.1 Å². The highest BCUT2D eigenvalue weighted by molar-refractivity contribution is 7.89. The minimum absolute atomic E-state index is 0.0282. The summed E-state index contributed by atoms with van der Waals surface area (Å²) in [6.07, 6.45) is 0. The number of nitrogens with one attached hydrogen (secondary N) is 1. The molecule has 1 atom stereocenters. The second kappa shape index (κ2) is 6.25. The molecule has 9 heteroatoms. The average molecular weight is 351 g/mol. The quantitative estimate of drug-likeness (QED) is 0.831. The van der Waals surface area contributed by atoms with Crippen molar-refractivity contribution in [2.45, 2.75) is 24.8 Å². The number of aromatic nitrogens is 2. The first-order chi connectivity index (χ1) is 11.3. The molecule has 1 fully saturated rings. The molecule has 3 rings (SSSR count). The van der Waals surface area contributed by atoms with Crippen molar-refractivity contribution in [2.24, 2.45) is 5.14 Å². The number of likely N-dealkylation sites (N-methyl/N-ethyl adjacent to an activating group) is 1. The van der Waals surface area contributed by atoms with Gasteiger partial charge in [0.15, 0.2) is 5.82 Å². The highest BCUT2D eigenvalue weighted by Gasteiger charge is 2.26. The maximum absolute atomic E-state index is 11.8. The van der Waals surface area contributed by atoms with Crippen molar-refractivity contribution in [2.75, 3.05) is 26.7 Å². The molecule has 0 saturated carbocycles. The summed E-state index contributed by atoms with van der Waals surface area (Å²) in [4.78, 5) is 6.69. The fourth-order valence-corrected chi connectivity index (χ4v) is 3.71. The van der Waals surface area contributed by atoms with Crippen LogP contribution in [0.3, 0.4) is 0 Å². The van der Waals surface area contributed by atoms with E-state index in [1.54, 1.807) is 6.92 Å². The van der Waals surface area contributed by atoms with Gasteiger partial charge in [-0.25, -0.2) is 13.6 Å². The first kappa shape index (κ1) is 17.0. The van der Waals surface area contributed by atoms with Crippen LogP contribution in [-0.2, 0) is 10.0 Å². The maximum atomic E-state index is 11.8. The summed E-state index contributed by atoms with van der Waals surface area (Å²) < 4.78 is 28.9. The Morgan fingerprint density at radius 3 is 2.79 bits per heavy atom. The number of nitrogens with two attached hydrogens (primary N) is 1. The van der Waals surface area contributed by atoms with Gasteiger partial charge in [0.2, 0.25) is 10.0 Å². The third-order valence-electron chi connectivity index (χ3n) is 4.42. The van der Waals surface area contributed by atoms with Crippen LogP contribution in [0.15, 0.2) is 21.6 Å². The van der Waals surface area contributed by atoms with E-state index in [0.29, 0.717) is 17.0 Å². The molecule has 0 aliphatic carbocycles. The molecule has 2 aromatic rings. The van der Waals surface area contributed by atoms with Gasteiger partial charge in [-0.05, 0) is 44.2 Å². The van der Waals surface area contributed by atoms with E-state index in [4.69, 9.17) is 9.66 Å². The zero-order chi connectivity index (χ0) is 17.5. The van der Waals surface area contributed by atoms with E-state index >= 15 is 0 Å². The summed E-state index contributed by atoms with van der Waals surface area (Å²) in [5, 5.41) is 12.7. The van der Waals surface area contributed by atoms with Gasteiger partial charge in [-0.1, -0.05) is 5.16 Å². The lowest BCUT2D eigenvalue weighted by atomic mass is 10.1. The Kier molecular flexibility index (Phi) is 4.43. The molecule has 0 amide bonds. The molecule has 2 heterocycles. The topological polar surface area (TPSA) is 114 Å². The molecule has 3 N–H and O–H groups in total. The molecular weight excluding hydrogens is 330 g/mol. The molecule has 1 aromatic heterocycles. The molecule has 24 heavy (non-hydrogen) atoms. The van der Waals surface area contributed by atoms with Crippen LogP contribution < -0.4 is 10.5 Å².